The van der Waals surface area contributed by atoms with E-state index in [4.69, 9.17) is 0 Å². The molecule has 102 valence electrons. The Hall–Kier alpha value is -1.03. The molecule has 1 nitrogen and oxygen atoms in total. The van der Waals surface area contributed by atoms with Crippen LogP contribution < -0.4 is 0 Å². The number of nitrogens with zero attached hydrogens (tertiary/aromatic N) is 1. The van der Waals surface area contributed by atoms with E-state index in [2.05, 4.69) is 25.7 Å². The maximum absolute atomic E-state index is 12.6. The summed E-state index contributed by atoms with van der Waals surface area (Å²) in [6.07, 6.45) is -4.27. The van der Waals surface area contributed by atoms with Crippen LogP contribution in [0.15, 0.2) is 24.3 Å². The fourth-order valence-corrected chi connectivity index (χ4v) is 1.89. The first-order valence-electron chi connectivity index (χ1n) is 6.06. The summed E-state index contributed by atoms with van der Waals surface area (Å²) in [5.41, 5.74) is 0.0646. The van der Waals surface area contributed by atoms with Gasteiger partial charge in [-0.15, -0.1) is 0 Å². The van der Waals surface area contributed by atoms with E-state index in [1.165, 1.54) is 12.1 Å². The Bertz CT molecular complexity index is 391. The van der Waals surface area contributed by atoms with E-state index < -0.39 is 11.7 Å². The smallest absolute Gasteiger partial charge is 0.295 e. The van der Waals surface area contributed by atoms with Crippen molar-refractivity contribution >= 4 is 0 Å². The summed E-state index contributed by atoms with van der Waals surface area (Å²) in [6, 6.07) is 5.55. The molecule has 0 radical (unpaired) electrons. The van der Waals surface area contributed by atoms with Crippen molar-refractivity contribution in [2.45, 2.75) is 46.0 Å². The quantitative estimate of drug-likeness (QED) is 0.781. The van der Waals surface area contributed by atoms with Crippen molar-refractivity contribution in [3.05, 3.63) is 35.4 Å². The lowest BCUT2D eigenvalue weighted by molar-refractivity contribution is -0.137. The minimum Gasteiger partial charge on any atom is -0.295 e. The highest BCUT2D eigenvalue weighted by molar-refractivity contribution is 5.25. The van der Waals surface area contributed by atoms with Crippen molar-refractivity contribution < 1.29 is 13.2 Å². The molecule has 1 aromatic carbocycles. The number of hydrogen-bond acceptors (Lipinski definition) is 1. The second-order valence-electron chi connectivity index (χ2n) is 5.38. The van der Waals surface area contributed by atoms with Crippen molar-refractivity contribution in [2.24, 2.45) is 0 Å². The Morgan fingerprint density at radius 3 is 2.17 bits per heavy atom. The average Bonchev–Trinajstić information content (AvgIpc) is 2.23. The third-order valence-corrected chi connectivity index (χ3v) is 2.96. The molecule has 0 aliphatic rings. The van der Waals surface area contributed by atoms with E-state index in [0.29, 0.717) is 12.1 Å². The fourth-order valence-electron chi connectivity index (χ4n) is 1.89. The largest absolute Gasteiger partial charge is 0.416 e. The summed E-state index contributed by atoms with van der Waals surface area (Å²) < 4.78 is 37.8. The Kier molecular flexibility index (Phi) is 4.43. The summed E-state index contributed by atoms with van der Waals surface area (Å²) in [7, 11) is 0. The monoisotopic (exact) mass is 259 g/mol. The Morgan fingerprint density at radius 1 is 1.11 bits per heavy atom. The fraction of sp³-hybridized carbons (Fsp3) is 0.571. The minimum absolute atomic E-state index is 0.0526. The van der Waals surface area contributed by atoms with Gasteiger partial charge in [-0.2, -0.15) is 13.2 Å². The van der Waals surface area contributed by atoms with Crippen LogP contribution >= 0.6 is 0 Å². The maximum atomic E-state index is 12.6. The van der Waals surface area contributed by atoms with Crippen LogP contribution in [0.1, 0.15) is 38.8 Å². The molecule has 0 heterocycles. The maximum Gasteiger partial charge on any atom is 0.416 e. The molecule has 0 fully saturated rings. The number of alkyl halides is 3. The molecule has 0 N–H and O–H groups in total. The second-order valence-corrected chi connectivity index (χ2v) is 5.38. The van der Waals surface area contributed by atoms with Gasteiger partial charge in [-0.1, -0.05) is 25.1 Å². The molecule has 0 aliphatic heterocycles. The molecular weight excluding hydrogens is 239 g/mol. The lowest BCUT2D eigenvalue weighted by atomic mass is 10.0. The van der Waals surface area contributed by atoms with E-state index in [1.807, 2.05) is 6.92 Å². The number of halogens is 3. The average molecular weight is 259 g/mol. The summed E-state index contributed by atoms with van der Waals surface area (Å²) in [5, 5.41) is 0. The van der Waals surface area contributed by atoms with Crippen molar-refractivity contribution in [3.8, 4) is 0 Å². The van der Waals surface area contributed by atoms with Crippen LogP contribution in [0.25, 0.3) is 0 Å². The molecule has 1 rings (SSSR count). The van der Waals surface area contributed by atoms with E-state index in [9.17, 15) is 13.2 Å². The van der Waals surface area contributed by atoms with Crippen LogP contribution in [0, 0.1) is 0 Å². The van der Waals surface area contributed by atoms with Gasteiger partial charge < -0.3 is 0 Å². The molecule has 0 saturated heterocycles. The first-order valence-corrected chi connectivity index (χ1v) is 6.06. The van der Waals surface area contributed by atoms with Crippen LogP contribution in [0.2, 0.25) is 0 Å². The SMILES string of the molecule is CCN(Cc1cccc(C(F)(F)F)c1)C(C)(C)C. The standard InChI is InChI=1S/C14H20F3N/c1-5-18(13(2,3)4)10-11-7-6-8-12(9-11)14(15,16)17/h6-9H,5,10H2,1-4H3. The predicted octanol–water partition coefficient (Wildman–Crippen LogP) is 4.33. The van der Waals surface area contributed by atoms with Gasteiger partial charge in [-0.3, -0.25) is 4.90 Å². The zero-order valence-corrected chi connectivity index (χ0v) is 11.3. The topological polar surface area (TPSA) is 3.24 Å². The zero-order chi connectivity index (χ0) is 14.0. The molecule has 0 bridgehead atoms. The molecule has 0 spiro atoms. The van der Waals surface area contributed by atoms with Gasteiger partial charge in [0.15, 0.2) is 0 Å². The van der Waals surface area contributed by atoms with Crippen molar-refractivity contribution in [3.63, 3.8) is 0 Å². The normalized spacial score (nSPS) is 13.1. The van der Waals surface area contributed by atoms with Gasteiger partial charge in [-0.25, -0.2) is 0 Å². The predicted molar refractivity (Wildman–Crippen MR) is 67.3 cm³/mol. The van der Waals surface area contributed by atoms with Crippen molar-refractivity contribution in [1.82, 2.24) is 4.90 Å². The van der Waals surface area contributed by atoms with E-state index in [1.54, 1.807) is 6.07 Å². The minimum atomic E-state index is -4.27. The first-order chi connectivity index (χ1) is 8.14. The van der Waals surface area contributed by atoms with Gasteiger partial charge in [-0.05, 0) is 38.9 Å². The Labute approximate surface area is 107 Å². The third-order valence-electron chi connectivity index (χ3n) is 2.96. The summed E-state index contributed by atoms with van der Waals surface area (Å²) in [6.45, 7) is 9.53. The van der Waals surface area contributed by atoms with Crippen LogP contribution in [-0.4, -0.2) is 17.0 Å². The Balaban J connectivity index is 2.92. The Morgan fingerprint density at radius 2 is 1.72 bits per heavy atom. The van der Waals surface area contributed by atoms with Crippen LogP contribution in [0.4, 0.5) is 13.2 Å². The molecule has 18 heavy (non-hydrogen) atoms. The van der Waals surface area contributed by atoms with Crippen molar-refractivity contribution in [2.75, 3.05) is 6.54 Å². The van der Waals surface area contributed by atoms with E-state index in [-0.39, 0.29) is 5.54 Å². The third kappa shape index (κ3) is 4.02. The number of hydrogen-bond donors (Lipinski definition) is 0. The summed E-state index contributed by atoms with van der Waals surface area (Å²) in [5.74, 6) is 0. The van der Waals surface area contributed by atoms with Gasteiger partial charge >= 0.3 is 6.18 Å². The molecule has 0 aliphatic carbocycles. The summed E-state index contributed by atoms with van der Waals surface area (Å²) >= 11 is 0. The van der Waals surface area contributed by atoms with Crippen LogP contribution in [-0.2, 0) is 12.7 Å². The molecule has 4 heteroatoms. The lowest BCUT2D eigenvalue weighted by Crippen LogP contribution is -2.40. The molecule has 0 atom stereocenters. The highest BCUT2D eigenvalue weighted by Gasteiger charge is 2.30. The molecule has 0 saturated carbocycles. The van der Waals surface area contributed by atoms with E-state index in [0.717, 1.165) is 12.6 Å². The van der Waals surface area contributed by atoms with Gasteiger partial charge in [0, 0.05) is 12.1 Å². The molecule has 0 amide bonds. The molecular formula is C14H20F3N. The zero-order valence-electron chi connectivity index (χ0n) is 11.3. The lowest BCUT2D eigenvalue weighted by Gasteiger charge is -2.34. The second kappa shape index (κ2) is 5.31. The van der Waals surface area contributed by atoms with E-state index >= 15 is 0 Å². The number of rotatable bonds is 3. The van der Waals surface area contributed by atoms with Gasteiger partial charge in [0.05, 0.1) is 5.56 Å². The van der Waals surface area contributed by atoms with Gasteiger partial charge in [0.2, 0.25) is 0 Å². The molecule has 1 aromatic rings. The first kappa shape index (κ1) is 15.0. The number of benzene rings is 1. The van der Waals surface area contributed by atoms with Crippen LogP contribution in [0.3, 0.4) is 0 Å². The van der Waals surface area contributed by atoms with Gasteiger partial charge in [0.1, 0.15) is 0 Å². The highest BCUT2D eigenvalue weighted by Crippen LogP contribution is 2.30. The van der Waals surface area contributed by atoms with Gasteiger partial charge in [0.25, 0.3) is 0 Å². The molecule has 0 unspecified atom stereocenters. The molecule has 0 aromatic heterocycles. The van der Waals surface area contributed by atoms with Crippen molar-refractivity contribution in [1.29, 1.82) is 0 Å². The van der Waals surface area contributed by atoms with Crippen LogP contribution in [0.5, 0.6) is 0 Å². The summed E-state index contributed by atoms with van der Waals surface area (Å²) in [4.78, 5) is 2.14. The highest BCUT2D eigenvalue weighted by atomic mass is 19.4.